The highest BCUT2D eigenvalue weighted by atomic mass is 16.7. The van der Waals surface area contributed by atoms with E-state index in [-0.39, 0.29) is 0 Å². The molecule has 1 unspecified atom stereocenters. The molecule has 1 saturated heterocycles. The minimum absolute atomic E-state index is 0.352. The van der Waals surface area contributed by atoms with Crippen LogP contribution in [0.25, 0.3) is 0 Å². The SMILES string of the molecule is CC1(C)OC(O)(c2ccccc2)[C@H](OCc2ccccc2)[C@H]1OCc1ccccc1. The van der Waals surface area contributed by atoms with E-state index in [1.807, 2.05) is 105 Å². The Kier molecular flexibility index (Phi) is 6.02. The molecule has 4 rings (SSSR count). The van der Waals surface area contributed by atoms with E-state index in [1.165, 1.54) is 0 Å². The van der Waals surface area contributed by atoms with Crippen LogP contribution in [0.4, 0.5) is 0 Å². The second kappa shape index (κ2) is 8.70. The molecular formula is C26H28O4. The Labute approximate surface area is 178 Å². The summed E-state index contributed by atoms with van der Waals surface area (Å²) in [6.07, 6.45) is -1.16. The molecule has 4 heteroatoms. The summed E-state index contributed by atoms with van der Waals surface area (Å²) in [6.45, 7) is 4.63. The summed E-state index contributed by atoms with van der Waals surface area (Å²) in [5.41, 5.74) is 1.99. The zero-order valence-corrected chi connectivity index (χ0v) is 17.4. The molecule has 0 aromatic heterocycles. The van der Waals surface area contributed by atoms with Crippen molar-refractivity contribution in [2.24, 2.45) is 0 Å². The summed E-state index contributed by atoms with van der Waals surface area (Å²) in [4.78, 5) is 0. The molecule has 30 heavy (non-hydrogen) atoms. The van der Waals surface area contributed by atoms with Gasteiger partial charge in [-0.05, 0) is 25.0 Å². The first-order chi connectivity index (χ1) is 14.5. The van der Waals surface area contributed by atoms with E-state index >= 15 is 0 Å². The summed E-state index contributed by atoms with van der Waals surface area (Å²) >= 11 is 0. The topological polar surface area (TPSA) is 47.9 Å². The average molecular weight is 405 g/mol. The third-order valence-electron chi connectivity index (χ3n) is 5.50. The van der Waals surface area contributed by atoms with Gasteiger partial charge >= 0.3 is 0 Å². The van der Waals surface area contributed by atoms with Crippen molar-refractivity contribution in [2.45, 2.75) is 50.7 Å². The third-order valence-corrected chi connectivity index (χ3v) is 5.50. The van der Waals surface area contributed by atoms with Gasteiger partial charge in [0, 0.05) is 5.56 Å². The molecule has 4 nitrogen and oxygen atoms in total. The molecule has 1 aliphatic rings. The van der Waals surface area contributed by atoms with Crippen molar-refractivity contribution in [3.05, 3.63) is 108 Å². The van der Waals surface area contributed by atoms with Gasteiger partial charge in [0.1, 0.15) is 12.2 Å². The Morgan fingerprint density at radius 1 is 0.700 bits per heavy atom. The maximum absolute atomic E-state index is 11.7. The van der Waals surface area contributed by atoms with Gasteiger partial charge in [-0.25, -0.2) is 0 Å². The van der Waals surface area contributed by atoms with Crippen LogP contribution in [0.2, 0.25) is 0 Å². The molecule has 0 spiro atoms. The Morgan fingerprint density at radius 3 is 1.63 bits per heavy atom. The Bertz CT molecular complexity index is 927. The van der Waals surface area contributed by atoms with Crippen molar-refractivity contribution in [3.8, 4) is 0 Å². The minimum Gasteiger partial charge on any atom is -0.368 e. The number of aliphatic hydroxyl groups is 1. The van der Waals surface area contributed by atoms with Crippen LogP contribution in [0, 0.1) is 0 Å². The van der Waals surface area contributed by atoms with Crippen LogP contribution in [0.1, 0.15) is 30.5 Å². The number of hydrogen-bond acceptors (Lipinski definition) is 4. The maximum atomic E-state index is 11.7. The van der Waals surface area contributed by atoms with Gasteiger partial charge in [-0.15, -0.1) is 0 Å². The van der Waals surface area contributed by atoms with E-state index in [0.717, 1.165) is 11.1 Å². The highest BCUT2D eigenvalue weighted by molar-refractivity contribution is 5.25. The lowest BCUT2D eigenvalue weighted by Gasteiger charge is -2.31. The molecule has 0 amide bonds. The fourth-order valence-corrected chi connectivity index (χ4v) is 4.00. The van der Waals surface area contributed by atoms with Gasteiger partial charge in [-0.3, -0.25) is 0 Å². The highest BCUT2D eigenvalue weighted by Gasteiger charge is 2.60. The molecular weight excluding hydrogens is 376 g/mol. The van der Waals surface area contributed by atoms with Crippen LogP contribution in [0.15, 0.2) is 91.0 Å². The molecule has 0 aliphatic carbocycles. The van der Waals surface area contributed by atoms with Crippen molar-refractivity contribution >= 4 is 0 Å². The molecule has 1 aliphatic heterocycles. The van der Waals surface area contributed by atoms with E-state index in [2.05, 4.69) is 0 Å². The van der Waals surface area contributed by atoms with Gasteiger partial charge in [-0.1, -0.05) is 91.0 Å². The molecule has 3 atom stereocenters. The smallest absolute Gasteiger partial charge is 0.222 e. The molecule has 156 valence electrons. The first kappa shape index (κ1) is 20.8. The third kappa shape index (κ3) is 4.32. The summed E-state index contributed by atoms with van der Waals surface area (Å²) in [5.74, 6) is -1.61. The maximum Gasteiger partial charge on any atom is 0.222 e. The minimum atomic E-state index is -1.61. The van der Waals surface area contributed by atoms with Crippen LogP contribution in [-0.2, 0) is 33.2 Å². The van der Waals surface area contributed by atoms with E-state index in [9.17, 15) is 5.11 Å². The largest absolute Gasteiger partial charge is 0.368 e. The van der Waals surface area contributed by atoms with Gasteiger partial charge in [0.25, 0.3) is 0 Å². The molecule has 0 bridgehead atoms. The number of rotatable bonds is 7. The van der Waals surface area contributed by atoms with Crippen LogP contribution < -0.4 is 0 Å². The van der Waals surface area contributed by atoms with E-state index in [4.69, 9.17) is 14.2 Å². The lowest BCUT2D eigenvalue weighted by Crippen LogP contribution is -2.45. The molecule has 0 saturated carbocycles. The fourth-order valence-electron chi connectivity index (χ4n) is 4.00. The van der Waals surface area contributed by atoms with E-state index < -0.39 is 23.6 Å². The van der Waals surface area contributed by atoms with Crippen molar-refractivity contribution in [2.75, 3.05) is 0 Å². The second-order valence-corrected chi connectivity index (χ2v) is 8.20. The number of ether oxygens (including phenoxy) is 3. The molecule has 3 aromatic rings. The molecule has 3 aromatic carbocycles. The summed E-state index contributed by atoms with van der Waals surface area (Å²) < 4.78 is 18.8. The van der Waals surface area contributed by atoms with Crippen molar-refractivity contribution in [1.29, 1.82) is 0 Å². The quantitative estimate of drug-likeness (QED) is 0.614. The monoisotopic (exact) mass is 404 g/mol. The van der Waals surface area contributed by atoms with Gasteiger partial charge in [0.15, 0.2) is 0 Å². The van der Waals surface area contributed by atoms with Crippen LogP contribution in [-0.4, -0.2) is 22.9 Å². The lowest BCUT2D eigenvalue weighted by atomic mass is 9.93. The highest BCUT2D eigenvalue weighted by Crippen LogP contribution is 2.46. The van der Waals surface area contributed by atoms with E-state index in [0.29, 0.717) is 18.8 Å². The van der Waals surface area contributed by atoms with Crippen LogP contribution in [0.3, 0.4) is 0 Å². The summed E-state index contributed by atoms with van der Waals surface area (Å²) in [6, 6.07) is 29.3. The second-order valence-electron chi connectivity index (χ2n) is 8.20. The van der Waals surface area contributed by atoms with Crippen molar-refractivity contribution < 1.29 is 19.3 Å². The molecule has 1 heterocycles. The van der Waals surface area contributed by atoms with Gasteiger partial charge in [0.05, 0.1) is 18.8 Å². The Hall–Kier alpha value is -2.50. The lowest BCUT2D eigenvalue weighted by molar-refractivity contribution is -0.261. The Morgan fingerprint density at radius 2 is 1.13 bits per heavy atom. The zero-order valence-electron chi connectivity index (χ0n) is 17.4. The number of hydrogen-bond donors (Lipinski definition) is 1. The van der Waals surface area contributed by atoms with Crippen molar-refractivity contribution in [1.82, 2.24) is 0 Å². The summed E-state index contributed by atoms with van der Waals surface area (Å²) in [5, 5.41) is 11.7. The molecule has 1 fully saturated rings. The molecule has 0 radical (unpaired) electrons. The average Bonchev–Trinajstić information content (AvgIpc) is 2.98. The molecule has 1 N–H and O–H groups in total. The first-order valence-corrected chi connectivity index (χ1v) is 10.3. The Balaban J connectivity index is 1.62. The van der Waals surface area contributed by atoms with Gasteiger partial charge in [-0.2, -0.15) is 0 Å². The van der Waals surface area contributed by atoms with E-state index in [1.54, 1.807) is 0 Å². The van der Waals surface area contributed by atoms with Gasteiger partial charge < -0.3 is 19.3 Å². The fraction of sp³-hybridized carbons (Fsp3) is 0.308. The number of benzene rings is 3. The van der Waals surface area contributed by atoms with Crippen LogP contribution >= 0.6 is 0 Å². The van der Waals surface area contributed by atoms with Crippen molar-refractivity contribution in [3.63, 3.8) is 0 Å². The normalized spacial score (nSPS) is 25.3. The predicted octanol–water partition coefficient (Wildman–Crippen LogP) is 4.81. The predicted molar refractivity (Wildman–Crippen MR) is 116 cm³/mol. The zero-order chi connectivity index (χ0) is 21.0. The van der Waals surface area contributed by atoms with Crippen LogP contribution in [0.5, 0.6) is 0 Å². The standard InChI is InChI=1S/C26H28O4/c1-25(2)23(28-18-20-12-6-3-7-13-20)24(29-19-21-14-8-4-9-15-21)26(27,30-25)22-16-10-5-11-17-22/h3-17,23-24,27H,18-19H2,1-2H3/t23-,24-,26?/m1/s1. The van der Waals surface area contributed by atoms with Gasteiger partial charge in [0.2, 0.25) is 5.79 Å². The first-order valence-electron chi connectivity index (χ1n) is 10.3. The summed E-state index contributed by atoms with van der Waals surface area (Å²) in [7, 11) is 0.